The van der Waals surface area contributed by atoms with E-state index in [9.17, 15) is 34.2 Å². The van der Waals surface area contributed by atoms with E-state index in [1.54, 1.807) is 56.2 Å². The van der Waals surface area contributed by atoms with E-state index in [0.717, 1.165) is 50.7 Å². The molecule has 0 aliphatic rings. The molecule has 0 unspecified atom stereocenters. The standard InChI is InChI=1S/C24H29N3O3.C20H20N2O3.C18H18N2O2.C13H14N2O3.C7H12O3.CO2.Na/c1-24(2,3)30-23(28)26(4)17-21-15-22(29-18-20-13-9-6-10-14-20)27(25-21)16-19-11-7-5-8-12-19;1-2-24-20(23)18-13-19(25-15-17-11-7-4-8-12-17)22(21-18)14-16-9-5-3-6-10-16;21-13-17-11-18(22-14-16-9-5-2-6-10-16)20(19-17)12-15-7-3-1-4-8-15;1-2-18-13(17)11-8-12(16)15(14-11)9-10-6-4-3-5-7-10;1-3-6(8)5-7(9)10-4-2;2-1-3;/h5-15H,16-18H2,1-4H3;3-13H,2,14-15H2,1H3;1-11,21H,12-14H2;3-8,14H,2,9H2,1H3;5,8H,3-4H2,1-2H3;;/q;;;;;;+1/p-1/b;;;;6-5-;;. The number of aliphatic hydroxyl groups is 1. The van der Waals surface area contributed by atoms with Crippen LogP contribution in [0.2, 0.25) is 0 Å². The molecule has 0 aliphatic heterocycles. The van der Waals surface area contributed by atoms with Crippen molar-refractivity contribution in [1.82, 2.24) is 44.0 Å². The van der Waals surface area contributed by atoms with Gasteiger partial charge in [0, 0.05) is 37.4 Å². The van der Waals surface area contributed by atoms with Gasteiger partial charge in [0.2, 0.25) is 17.6 Å². The molecule has 26 heteroatoms. The second-order valence-corrected chi connectivity index (χ2v) is 24.4. The van der Waals surface area contributed by atoms with E-state index in [0.29, 0.717) is 95.5 Å². The zero-order valence-electron chi connectivity index (χ0n) is 62.9. The number of rotatable bonds is 27. The number of nitrogens with zero attached hydrogens (tertiary/aromatic N) is 8. The number of aromatic nitrogens is 8. The summed E-state index contributed by atoms with van der Waals surface area (Å²) >= 11 is 0. The Morgan fingerprint density at radius 1 is 0.505 bits per heavy atom. The predicted octanol–water partition coefficient (Wildman–Crippen LogP) is 9.59. The van der Waals surface area contributed by atoms with Crippen LogP contribution in [0.4, 0.5) is 4.79 Å². The molecule has 0 saturated carbocycles. The summed E-state index contributed by atoms with van der Waals surface area (Å²) in [5, 5.41) is 36.0. The fraction of sp³-hybridized carbons (Fsp3) is 0.265. The molecule has 0 fully saturated rings. The number of ether oxygens (including phenoxy) is 7. The number of hydrogen-bond donors (Lipinski definition) is 2. The van der Waals surface area contributed by atoms with Gasteiger partial charge in [-0.15, -0.1) is 5.76 Å². The molecule has 1 amide bonds. The van der Waals surface area contributed by atoms with Gasteiger partial charge in [-0.25, -0.2) is 37.9 Å². The van der Waals surface area contributed by atoms with Crippen LogP contribution in [0.15, 0.2) is 253 Å². The molecule has 0 spiro atoms. The van der Waals surface area contributed by atoms with Crippen molar-refractivity contribution < 1.29 is 102 Å². The van der Waals surface area contributed by atoms with Crippen LogP contribution >= 0.6 is 0 Å². The molecule has 0 atom stereocenters. The maximum atomic E-state index is 12.3. The van der Waals surface area contributed by atoms with Gasteiger partial charge in [-0.1, -0.05) is 219 Å². The summed E-state index contributed by atoms with van der Waals surface area (Å²) in [6.07, 6.45) is 1.19. The number of carbonyl (C=O) groups is 4. The van der Waals surface area contributed by atoms with E-state index in [1.807, 2.05) is 232 Å². The first kappa shape index (κ1) is 87.8. The first-order valence-corrected chi connectivity index (χ1v) is 34.8. The third kappa shape index (κ3) is 32.8. The van der Waals surface area contributed by atoms with Crippen molar-refractivity contribution in [3.63, 3.8) is 0 Å². The van der Waals surface area contributed by atoms with Crippen LogP contribution in [0.25, 0.3) is 0 Å². The number of nitrogens with one attached hydrogen (secondary N) is 1. The molecule has 4 aromatic heterocycles. The number of aliphatic hydroxyl groups excluding tert-OH is 1. The summed E-state index contributed by atoms with van der Waals surface area (Å²) in [7, 11) is 1.70. The van der Waals surface area contributed by atoms with Crippen molar-refractivity contribution in [2.75, 3.05) is 26.9 Å². The zero-order chi connectivity index (χ0) is 77.9. The Morgan fingerprint density at radius 3 is 1.23 bits per heavy atom. The van der Waals surface area contributed by atoms with E-state index in [1.165, 1.54) is 15.6 Å². The van der Waals surface area contributed by atoms with Crippen molar-refractivity contribution in [2.24, 2.45) is 0 Å². The number of hydrogen-bond acceptors (Lipinski definition) is 19. The van der Waals surface area contributed by atoms with Crippen LogP contribution in [0.1, 0.15) is 126 Å². The first-order valence-electron chi connectivity index (χ1n) is 34.8. The van der Waals surface area contributed by atoms with Gasteiger partial charge in [0.1, 0.15) is 31.1 Å². The molecule has 566 valence electrons. The Bertz CT molecular complexity index is 4560. The fourth-order valence-electron chi connectivity index (χ4n) is 9.61. The largest absolute Gasteiger partial charge is 1.00 e. The quantitative estimate of drug-likeness (QED) is 0.0159. The summed E-state index contributed by atoms with van der Waals surface area (Å²) in [4.78, 5) is 75.7. The molecule has 0 saturated heterocycles. The number of esters is 3. The molecule has 0 radical (unpaired) electrons. The SMILES string of the molecule is CCOC(=O)/C=C(\[O-])CC.CCOC(=O)c1cc(=O)n(Cc2ccccc2)[nH]1.CCOC(=O)c1cc(OCc2ccccc2)n(Cc2ccccc2)n1.CN(Cc1cc(OCc2ccccc2)n(Cc2ccccc2)n1)C(=O)OC(C)(C)C.O=C=O.OCc1cc(OCc2ccccc2)n(Cc2ccccc2)n1.[Na+]. The summed E-state index contributed by atoms with van der Waals surface area (Å²) in [5.41, 5.74) is 8.54. The Labute approximate surface area is 656 Å². The zero-order valence-corrected chi connectivity index (χ0v) is 64.9. The van der Waals surface area contributed by atoms with Gasteiger partial charge in [0.05, 0.1) is 70.5 Å². The topological polar surface area (TPSA) is 305 Å². The second-order valence-electron chi connectivity index (χ2n) is 24.4. The molecule has 0 aliphatic carbocycles. The molecule has 11 aromatic rings. The van der Waals surface area contributed by atoms with Gasteiger partial charge in [-0.05, 0) is 86.9 Å². The monoisotopic (exact) mass is 1490 g/mol. The average molecular weight is 1490 g/mol. The van der Waals surface area contributed by atoms with Gasteiger partial charge in [-0.2, -0.15) is 24.9 Å². The van der Waals surface area contributed by atoms with E-state index in [4.69, 9.17) is 38.0 Å². The number of amides is 1. The number of carbonyl (C=O) groups excluding carboxylic acids is 6. The smallest absolute Gasteiger partial charge is 0.875 e. The van der Waals surface area contributed by atoms with E-state index in [2.05, 4.69) is 37.3 Å². The summed E-state index contributed by atoms with van der Waals surface area (Å²) in [5.74, 6) is 0.163. The Kier molecular flexibility index (Phi) is 38.9. The van der Waals surface area contributed by atoms with Crippen LogP contribution in [0.3, 0.4) is 0 Å². The third-order valence-electron chi connectivity index (χ3n) is 14.7. The second kappa shape index (κ2) is 48.4. The predicted molar refractivity (Wildman–Crippen MR) is 402 cm³/mol. The Morgan fingerprint density at radius 2 is 0.853 bits per heavy atom. The maximum Gasteiger partial charge on any atom is 1.00 e. The number of aromatic amines is 1. The van der Waals surface area contributed by atoms with Crippen molar-refractivity contribution in [1.29, 1.82) is 0 Å². The number of benzene rings is 7. The van der Waals surface area contributed by atoms with Gasteiger partial charge in [0.15, 0.2) is 5.69 Å². The van der Waals surface area contributed by atoms with Crippen LogP contribution in [-0.4, -0.2) is 112 Å². The Balaban J connectivity index is 0.000000249. The normalized spacial score (nSPS) is 10.4. The van der Waals surface area contributed by atoms with Crippen LogP contribution in [0.5, 0.6) is 17.6 Å². The van der Waals surface area contributed by atoms with Crippen molar-refractivity contribution in [3.05, 3.63) is 320 Å². The molecule has 109 heavy (non-hydrogen) atoms. The summed E-state index contributed by atoms with van der Waals surface area (Å²) < 4.78 is 44.3. The van der Waals surface area contributed by atoms with E-state index >= 15 is 0 Å². The van der Waals surface area contributed by atoms with Crippen LogP contribution in [0, 0.1) is 0 Å². The minimum absolute atomic E-state index is 0. The van der Waals surface area contributed by atoms with Gasteiger partial charge in [0.25, 0.3) is 5.56 Å². The van der Waals surface area contributed by atoms with Crippen LogP contribution < -0.4 is 54.4 Å². The fourth-order valence-corrected chi connectivity index (χ4v) is 9.61. The van der Waals surface area contributed by atoms with Gasteiger partial charge in [-0.3, -0.25) is 9.89 Å². The van der Waals surface area contributed by atoms with Gasteiger partial charge >= 0.3 is 59.7 Å². The average Bonchev–Trinajstić information content (AvgIpc) is 1.72. The molecule has 0 bridgehead atoms. The molecular weight excluding hydrogens is 1400 g/mol. The van der Waals surface area contributed by atoms with E-state index < -0.39 is 23.5 Å². The minimum Gasteiger partial charge on any atom is -0.875 e. The molecule has 2 N–H and O–H groups in total. The third-order valence-corrected chi connectivity index (χ3v) is 14.7. The minimum atomic E-state index is -0.547. The summed E-state index contributed by atoms with van der Waals surface area (Å²) in [6.45, 7) is 17.0. The van der Waals surface area contributed by atoms with Crippen LogP contribution in [-0.2, 0) is 92.5 Å². The van der Waals surface area contributed by atoms with Crippen molar-refractivity contribution in [3.8, 4) is 17.6 Å². The molecule has 25 nitrogen and oxygen atoms in total. The first-order chi connectivity index (χ1) is 52.2. The van der Waals surface area contributed by atoms with Crippen molar-refractivity contribution >= 4 is 30.2 Å². The van der Waals surface area contributed by atoms with Gasteiger partial charge < -0.3 is 48.3 Å². The number of H-pyrrole nitrogens is 1. The molecular formula is C83H92N9NaO16. The maximum absolute atomic E-state index is 12.3. The molecule has 7 aromatic carbocycles. The van der Waals surface area contributed by atoms with E-state index in [-0.39, 0.29) is 77.7 Å². The molecule has 4 heterocycles. The molecule has 11 rings (SSSR count). The number of allylic oxidation sites excluding steroid dienone is 1. The van der Waals surface area contributed by atoms with Crippen molar-refractivity contribution in [2.45, 2.75) is 120 Å². The summed E-state index contributed by atoms with van der Waals surface area (Å²) in [6, 6.07) is 76.0. The Hall–Kier alpha value is -11.9.